The molecule has 1 aromatic heterocycles. The van der Waals surface area contributed by atoms with E-state index in [2.05, 4.69) is 89.1 Å². The van der Waals surface area contributed by atoms with Gasteiger partial charge in [0.05, 0.1) is 17.4 Å². The molecule has 4 aromatic carbocycles. The van der Waals surface area contributed by atoms with Crippen molar-refractivity contribution in [3.05, 3.63) is 131 Å². The molecule has 0 fully saturated rings. The van der Waals surface area contributed by atoms with E-state index < -0.39 is 0 Å². The van der Waals surface area contributed by atoms with Gasteiger partial charge in [-0.15, -0.1) is 11.3 Å². The fourth-order valence-electron chi connectivity index (χ4n) is 4.18. The Balaban J connectivity index is 1.33. The van der Waals surface area contributed by atoms with Crippen molar-refractivity contribution in [2.45, 2.75) is 20.1 Å². The standard InChI is InChI=1S/C31H27NO2S/c1-23(34-22-28-20-26-9-6-5-8-25(26)19-27(28)21-33)18-24-13-15-30(16-14-24)32(31-12-7-17-35-31)29-10-3-2-4-11-29/h2-20,33H,21-22H2,1H3. The van der Waals surface area contributed by atoms with Gasteiger partial charge in [0.1, 0.15) is 6.61 Å². The first-order chi connectivity index (χ1) is 17.2. The zero-order valence-corrected chi connectivity index (χ0v) is 20.4. The highest BCUT2D eigenvalue weighted by Crippen LogP contribution is 2.37. The van der Waals surface area contributed by atoms with E-state index in [0.29, 0.717) is 6.61 Å². The third-order valence-electron chi connectivity index (χ3n) is 5.96. The summed E-state index contributed by atoms with van der Waals surface area (Å²) in [6.45, 7) is 2.38. The smallest absolute Gasteiger partial charge is 0.113 e. The largest absolute Gasteiger partial charge is 0.494 e. The zero-order valence-electron chi connectivity index (χ0n) is 19.6. The van der Waals surface area contributed by atoms with Crippen molar-refractivity contribution in [3.63, 3.8) is 0 Å². The van der Waals surface area contributed by atoms with Crippen LogP contribution in [0.2, 0.25) is 0 Å². The number of hydrogen-bond donors (Lipinski definition) is 1. The highest BCUT2D eigenvalue weighted by atomic mass is 32.1. The minimum Gasteiger partial charge on any atom is -0.494 e. The number of fused-ring (bicyclic) bond motifs is 1. The molecule has 1 N–H and O–H groups in total. The molecule has 0 radical (unpaired) electrons. The molecular formula is C31H27NO2S. The lowest BCUT2D eigenvalue weighted by molar-refractivity contribution is 0.199. The van der Waals surface area contributed by atoms with E-state index in [1.807, 2.05) is 37.3 Å². The van der Waals surface area contributed by atoms with Gasteiger partial charge in [-0.2, -0.15) is 0 Å². The van der Waals surface area contributed by atoms with Crippen molar-refractivity contribution in [2.24, 2.45) is 0 Å². The predicted molar refractivity (Wildman–Crippen MR) is 147 cm³/mol. The van der Waals surface area contributed by atoms with Crippen LogP contribution in [-0.2, 0) is 18.0 Å². The molecule has 0 bridgehead atoms. The topological polar surface area (TPSA) is 32.7 Å². The van der Waals surface area contributed by atoms with Gasteiger partial charge in [0.15, 0.2) is 0 Å². The molecule has 0 aliphatic heterocycles. The third-order valence-corrected chi connectivity index (χ3v) is 6.81. The molecule has 1 heterocycles. The Morgan fingerprint density at radius 3 is 2.11 bits per heavy atom. The van der Waals surface area contributed by atoms with Crippen molar-refractivity contribution in [1.82, 2.24) is 0 Å². The van der Waals surface area contributed by atoms with Crippen LogP contribution in [0, 0.1) is 0 Å². The van der Waals surface area contributed by atoms with Crippen LogP contribution in [0.1, 0.15) is 23.6 Å². The van der Waals surface area contributed by atoms with Gasteiger partial charge in [0, 0.05) is 11.4 Å². The monoisotopic (exact) mass is 477 g/mol. The normalized spacial score (nSPS) is 11.5. The first-order valence-corrected chi connectivity index (χ1v) is 12.5. The maximum Gasteiger partial charge on any atom is 0.113 e. The Labute approximate surface area is 210 Å². The number of aliphatic hydroxyl groups is 1. The van der Waals surface area contributed by atoms with E-state index in [-0.39, 0.29) is 6.61 Å². The van der Waals surface area contributed by atoms with Crippen molar-refractivity contribution < 1.29 is 9.84 Å². The molecule has 0 aliphatic carbocycles. The van der Waals surface area contributed by atoms with Gasteiger partial charge in [-0.1, -0.05) is 54.6 Å². The summed E-state index contributed by atoms with van der Waals surface area (Å²) in [5.41, 5.74) is 5.22. The van der Waals surface area contributed by atoms with Crippen LogP contribution in [0.3, 0.4) is 0 Å². The quantitative estimate of drug-likeness (QED) is 0.228. The van der Waals surface area contributed by atoms with E-state index >= 15 is 0 Å². The van der Waals surface area contributed by atoms with Crippen LogP contribution >= 0.6 is 11.3 Å². The number of benzene rings is 4. The molecule has 174 valence electrons. The first kappa shape index (κ1) is 22.9. The van der Waals surface area contributed by atoms with Gasteiger partial charge in [-0.25, -0.2) is 0 Å². The lowest BCUT2D eigenvalue weighted by atomic mass is 10.0. The van der Waals surface area contributed by atoms with Crippen LogP contribution in [0.25, 0.3) is 16.8 Å². The fraction of sp³-hybridized carbons (Fsp3) is 0.0968. The summed E-state index contributed by atoms with van der Waals surface area (Å²) in [5.74, 6) is 0.827. The van der Waals surface area contributed by atoms with Crippen LogP contribution < -0.4 is 4.90 Å². The second-order valence-electron chi connectivity index (χ2n) is 8.38. The van der Waals surface area contributed by atoms with Crippen molar-refractivity contribution in [3.8, 4) is 0 Å². The molecular weight excluding hydrogens is 450 g/mol. The molecule has 35 heavy (non-hydrogen) atoms. The molecule has 5 rings (SSSR count). The summed E-state index contributed by atoms with van der Waals surface area (Å²) >= 11 is 1.72. The van der Waals surface area contributed by atoms with Crippen molar-refractivity contribution in [2.75, 3.05) is 4.90 Å². The molecule has 0 amide bonds. The molecule has 0 saturated carbocycles. The maximum absolute atomic E-state index is 9.83. The highest BCUT2D eigenvalue weighted by Gasteiger charge is 2.12. The number of ether oxygens (including phenoxy) is 1. The van der Waals surface area contributed by atoms with E-state index in [1.165, 1.54) is 5.00 Å². The van der Waals surface area contributed by atoms with Gasteiger partial charge in [-0.05, 0) is 94.4 Å². The lowest BCUT2D eigenvalue weighted by Gasteiger charge is -2.23. The minimum atomic E-state index is -0.00406. The highest BCUT2D eigenvalue weighted by molar-refractivity contribution is 7.14. The first-order valence-electron chi connectivity index (χ1n) is 11.6. The Hall–Kier alpha value is -3.86. The summed E-state index contributed by atoms with van der Waals surface area (Å²) in [7, 11) is 0. The van der Waals surface area contributed by atoms with E-state index in [0.717, 1.165) is 44.6 Å². The Bertz CT molecular complexity index is 1420. The lowest BCUT2D eigenvalue weighted by Crippen LogP contribution is -2.07. The van der Waals surface area contributed by atoms with Crippen molar-refractivity contribution in [1.29, 1.82) is 0 Å². The predicted octanol–water partition coefficient (Wildman–Crippen LogP) is 8.44. The Morgan fingerprint density at radius 2 is 1.46 bits per heavy atom. The molecule has 0 atom stereocenters. The maximum atomic E-state index is 9.83. The van der Waals surface area contributed by atoms with Crippen LogP contribution in [0.15, 0.2) is 114 Å². The molecule has 0 spiro atoms. The molecule has 5 aromatic rings. The number of thiophene rings is 1. The number of anilines is 3. The van der Waals surface area contributed by atoms with Crippen LogP contribution in [0.4, 0.5) is 16.4 Å². The Morgan fingerprint density at radius 1 is 0.800 bits per heavy atom. The molecule has 0 saturated heterocycles. The summed E-state index contributed by atoms with van der Waals surface area (Å²) in [6, 6.07) is 35.4. The molecule has 4 heteroatoms. The Kier molecular flexibility index (Phi) is 6.94. The number of rotatable bonds is 8. The summed E-state index contributed by atoms with van der Waals surface area (Å²) in [5, 5.41) is 15.4. The van der Waals surface area contributed by atoms with E-state index in [4.69, 9.17) is 4.74 Å². The SMILES string of the molecule is CC(=Cc1ccc(N(c2ccccc2)c2cccs2)cc1)OCc1cc2ccccc2cc1CO. The molecule has 0 aliphatic rings. The van der Waals surface area contributed by atoms with E-state index in [1.54, 1.807) is 11.3 Å². The average molecular weight is 478 g/mol. The molecule has 0 unspecified atom stereocenters. The van der Waals surface area contributed by atoms with Crippen LogP contribution in [-0.4, -0.2) is 5.11 Å². The summed E-state index contributed by atoms with van der Waals surface area (Å²) < 4.78 is 6.07. The number of hydrogen-bond acceptors (Lipinski definition) is 4. The number of para-hydroxylation sites is 1. The van der Waals surface area contributed by atoms with Gasteiger partial charge in [0.2, 0.25) is 0 Å². The van der Waals surface area contributed by atoms with Gasteiger partial charge in [0.25, 0.3) is 0 Å². The second kappa shape index (κ2) is 10.6. The zero-order chi connectivity index (χ0) is 24.0. The number of nitrogens with zero attached hydrogens (tertiary/aromatic N) is 1. The fourth-order valence-corrected chi connectivity index (χ4v) is 4.95. The van der Waals surface area contributed by atoms with Gasteiger partial charge >= 0.3 is 0 Å². The summed E-state index contributed by atoms with van der Waals surface area (Å²) in [6.07, 6.45) is 2.04. The van der Waals surface area contributed by atoms with E-state index in [9.17, 15) is 5.11 Å². The van der Waals surface area contributed by atoms with Gasteiger partial charge in [-0.3, -0.25) is 0 Å². The van der Waals surface area contributed by atoms with Crippen LogP contribution in [0.5, 0.6) is 0 Å². The number of allylic oxidation sites excluding steroid dienone is 1. The number of aliphatic hydroxyl groups excluding tert-OH is 1. The third kappa shape index (κ3) is 5.29. The molecule has 3 nitrogen and oxygen atoms in total. The van der Waals surface area contributed by atoms with Crippen molar-refractivity contribution >= 4 is 44.6 Å². The minimum absolute atomic E-state index is 0.00406. The average Bonchev–Trinajstić information content (AvgIpc) is 3.43. The van der Waals surface area contributed by atoms with Gasteiger partial charge < -0.3 is 14.7 Å². The second-order valence-corrected chi connectivity index (χ2v) is 9.31. The summed E-state index contributed by atoms with van der Waals surface area (Å²) in [4.78, 5) is 2.26.